The highest BCUT2D eigenvalue weighted by Gasteiger charge is 2.43. The summed E-state index contributed by atoms with van der Waals surface area (Å²) in [4.78, 5) is 0. The Bertz CT molecular complexity index is 655. The summed E-state index contributed by atoms with van der Waals surface area (Å²) in [5.74, 6) is 0. The second-order valence-electron chi connectivity index (χ2n) is 4.21. The molecule has 1 unspecified atom stereocenters. The maximum absolute atomic E-state index is 12.4. The molecule has 1 aromatic carbocycles. The van der Waals surface area contributed by atoms with Crippen molar-refractivity contribution < 1.29 is 8.42 Å². The van der Waals surface area contributed by atoms with Crippen molar-refractivity contribution >= 4 is 37.6 Å². The Kier molecular flexibility index (Phi) is 4.20. The fourth-order valence-electron chi connectivity index (χ4n) is 2.16. The van der Waals surface area contributed by atoms with Crippen LogP contribution in [-0.4, -0.2) is 15.5 Å². The predicted molar refractivity (Wildman–Crippen MR) is 81.7 cm³/mol. The van der Waals surface area contributed by atoms with E-state index in [-0.39, 0.29) is 0 Å². The summed E-state index contributed by atoms with van der Waals surface area (Å²) in [5.41, 5.74) is 0.576. The first-order valence-corrected chi connectivity index (χ1v) is 8.31. The van der Waals surface area contributed by atoms with Crippen LogP contribution in [-0.2, 0) is 14.8 Å². The molecule has 1 aliphatic carbocycles. The third kappa shape index (κ3) is 2.52. The van der Waals surface area contributed by atoms with E-state index in [0.717, 1.165) is 4.47 Å². The van der Waals surface area contributed by atoms with Gasteiger partial charge in [0.25, 0.3) is 0 Å². The van der Waals surface area contributed by atoms with E-state index < -0.39 is 14.8 Å². The topological polar surface area (TPSA) is 46.2 Å². The summed E-state index contributed by atoms with van der Waals surface area (Å²) < 4.78 is 27.0. The second-order valence-corrected chi connectivity index (χ2v) is 7.68. The zero-order chi connectivity index (χ0) is 14.1. The van der Waals surface area contributed by atoms with Crippen LogP contribution in [0.4, 0.5) is 0 Å². The Labute approximate surface area is 126 Å². The quantitative estimate of drug-likeness (QED) is 0.896. The van der Waals surface area contributed by atoms with Crippen molar-refractivity contribution in [1.29, 1.82) is 0 Å². The van der Waals surface area contributed by atoms with Crippen molar-refractivity contribution in [1.82, 2.24) is 4.72 Å². The van der Waals surface area contributed by atoms with Gasteiger partial charge in [-0.05, 0) is 31.2 Å². The molecule has 1 N–H and O–H groups in total. The lowest BCUT2D eigenvalue weighted by Crippen LogP contribution is -2.41. The maximum Gasteiger partial charge on any atom is 0.225 e. The Balaban J connectivity index is 2.69. The molecule has 3 nitrogen and oxygen atoms in total. The molecule has 0 spiro atoms. The van der Waals surface area contributed by atoms with Crippen molar-refractivity contribution in [3.05, 3.63) is 57.6 Å². The minimum Gasteiger partial charge on any atom is -0.217 e. The lowest BCUT2D eigenvalue weighted by atomic mass is 9.91. The summed E-state index contributed by atoms with van der Waals surface area (Å²) in [6.45, 7) is 0. The molecule has 19 heavy (non-hydrogen) atoms. The molecular formula is C13H13BrClNO2S. The molecule has 1 aromatic rings. The van der Waals surface area contributed by atoms with E-state index in [2.05, 4.69) is 20.7 Å². The van der Waals surface area contributed by atoms with Crippen LogP contribution in [0.5, 0.6) is 0 Å². The lowest BCUT2D eigenvalue weighted by molar-refractivity contribution is 0.549. The molecule has 102 valence electrons. The van der Waals surface area contributed by atoms with Gasteiger partial charge >= 0.3 is 0 Å². The van der Waals surface area contributed by atoms with Crippen molar-refractivity contribution in [3.8, 4) is 0 Å². The Morgan fingerprint density at radius 3 is 2.63 bits per heavy atom. The summed E-state index contributed by atoms with van der Waals surface area (Å²) in [5, 5.41) is 0.424. The van der Waals surface area contributed by atoms with Crippen LogP contribution in [0.2, 0.25) is 5.02 Å². The molecular weight excluding hydrogens is 350 g/mol. The molecule has 1 atom stereocenters. The van der Waals surface area contributed by atoms with Gasteiger partial charge in [0.15, 0.2) is 0 Å². The zero-order valence-electron chi connectivity index (χ0n) is 10.2. The standard InChI is InChI=1S/C13H13BrClNO2S/c1-16-19(17,18)13(7-3-2-4-8-13)11-6-5-10(14)9-12(11)15/h2-7,9,16H,8H2,1H3. The number of hydrogen-bond acceptors (Lipinski definition) is 2. The Morgan fingerprint density at radius 1 is 1.37 bits per heavy atom. The molecule has 0 radical (unpaired) electrons. The maximum atomic E-state index is 12.4. The molecule has 0 amide bonds. The molecule has 6 heteroatoms. The van der Waals surface area contributed by atoms with Gasteiger partial charge < -0.3 is 0 Å². The summed E-state index contributed by atoms with van der Waals surface area (Å²) in [6.07, 6.45) is 7.42. The van der Waals surface area contributed by atoms with Gasteiger partial charge in [-0.25, -0.2) is 13.1 Å². The molecule has 0 saturated heterocycles. The number of allylic oxidation sites excluding steroid dienone is 3. The van der Waals surface area contributed by atoms with Gasteiger partial charge in [0.2, 0.25) is 10.0 Å². The minimum absolute atomic E-state index is 0.355. The van der Waals surface area contributed by atoms with E-state index in [1.807, 2.05) is 12.2 Å². The molecule has 0 bridgehead atoms. The molecule has 2 rings (SSSR count). The Morgan fingerprint density at radius 2 is 2.11 bits per heavy atom. The van der Waals surface area contributed by atoms with Gasteiger partial charge in [-0.3, -0.25) is 0 Å². The number of hydrogen-bond donors (Lipinski definition) is 1. The molecule has 0 heterocycles. The van der Waals surface area contributed by atoms with Crippen molar-refractivity contribution in [2.45, 2.75) is 11.2 Å². The summed E-state index contributed by atoms with van der Waals surface area (Å²) in [6, 6.07) is 5.24. The second kappa shape index (κ2) is 5.40. The van der Waals surface area contributed by atoms with Crippen molar-refractivity contribution in [3.63, 3.8) is 0 Å². The van der Waals surface area contributed by atoms with Crippen LogP contribution in [0.15, 0.2) is 47.0 Å². The smallest absolute Gasteiger partial charge is 0.217 e. The highest BCUT2D eigenvalue weighted by atomic mass is 79.9. The predicted octanol–water partition coefficient (Wildman–Crippen LogP) is 3.36. The summed E-state index contributed by atoms with van der Waals surface area (Å²) >= 11 is 9.56. The van der Waals surface area contributed by atoms with E-state index >= 15 is 0 Å². The SMILES string of the molecule is CNS(=O)(=O)C1(c2ccc(Br)cc2Cl)C=CC=CC1. The first-order chi connectivity index (χ1) is 8.93. The van der Waals surface area contributed by atoms with E-state index in [1.54, 1.807) is 30.4 Å². The van der Waals surface area contributed by atoms with Crippen molar-refractivity contribution in [2.75, 3.05) is 7.05 Å². The van der Waals surface area contributed by atoms with Gasteiger partial charge in [0.05, 0.1) is 0 Å². The van der Waals surface area contributed by atoms with E-state index in [0.29, 0.717) is 17.0 Å². The monoisotopic (exact) mass is 361 g/mol. The van der Waals surface area contributed by atoms with Crippen molar-refractivity contribution in [2.24, 2.45) is 0 Å². The van der Waals surface area contributed by atoms with Gasteiger partial charge in [0.1, 0.15) is 4.75 Å². The molecule has 0 saturated carbocycles. The number of rotatable bonds is 3. The normalized spacial score (nSPS) is 22.7. The van der Waals surface area contributed by atoms with Crippen LogP contribution in [0, 0.1) is 0 Å². The molecule has 0 aliphatic heterocycles. The van der Waals surface area contributed by atoms with E-state index in [1.165, 1.54) is 7.05 Å². The number of benzene rings is 1. The van der Waals surface area contributed by atoms with Gasteiger partial charge in [-0.1, -0.05) is 57.9 Å². The fourth-order valence-corrected chi connectivity index (χ4v) is 4.46. The molecule has 0 fully saturated rings. The van der Waals surface area contributed by atoms with Crippen LogP contribution in [0.25, 0.3) is 0 Å². The zero-order valence-corrected chi connectivity index (χ0v) is 13.4. The van der Waals surface area contributed by atoms with Crippen LogP contribution < -0.4 is 4.72 Å². The van der Waals surface area contributed by atoms with Gasteiger partial charge in [-0.2, -0.15) is 0 Å². The van der Waals surface area contributed by atoms with Crippen LogP contribution in [0.3, 0.4) is 0 Å². The van der Waals surface area contributed by atoms with Crippen LogP contribution >= 0.6 is 27.5 Å². The first kappa shape index (κ1) is 14.8. The van der Waals surface area contributed by atoms with Gasteiger partial charge in [-0.15, -0.1) is 0 Å². The number of nitrogens with one attached hydrogen (secondary N) is 1. The third-order valence-corrected chi connectivity index (χ3v) is 5.99. The number of halogens is 2. The van der Waals surface area contributed by atoms with Crippen LogP contribution in [0.1, 0.15) is 12.0 Å². The first-order valence-electron chi connectivity index (χ1n) is 5.66. The third-order valence-electron chi connectivity index (χ3n) is 3.17. The molecule has 0 aromatic heterocycles. The molecule has 1 aliphatic rings. The average molecular weight is 363 g/mol. The minimum atomic E-state index is -3.56. The van der Waals surface area contributed by atoms with E-state index in [4.69, 9.17) is 11.6 Å². The summed E-state index contributed by atoms with van der Waals surface area (Å²) in [7, 11) is -2.15. The Hall–Kier alpha value is -0.620. The fraction of sp³-hybridized carbons (Fsp3) is 0.231. The van der Waals surface area contributed by atoms with E-state index in [9.17, 15) is 8.42 Å². The van der Waals surface area contributed by atoms with Gasteiger partial charge in [0, 0.05) is 9.50 Å². The lowest BCUT2D eigenvalue weighted by Gasteiger charge is -2.31. The number of sulfonamides is 1. The largest absolute Gasteiger partial charge is 0.225 e. The highest BCUT2D eigenvalue weighted by Crippen LogP contribution is 2.41. The highest BCUT2D eigenvalue weighted by molar-refractivity contribution is 9.10. The average Bonchev–Trinajstić information content (AvgIpc) is 2.39.